The lowest BCUT2D eigenvalue weighted by Gasteiger charge is -2.29. The number of aryl methyl sites for hydroxylation is 1. The second-order valence-corrected chi connectivity index (χ2v) is 10.1. The van der Waals surface area contributed by atoms with E-state index < -0.39 is 0 Å². The molecule has 1 aliphatic carbocycles. The smallest absolute Gasteiger partial charge is 0.231 e. The molecule has 4 N–H and O–H groups in total. The van der Waals surface area contributed by atoms with Crippen molar-refractivity contribution in [2.24, 2.45) is 5.92 Å². The number of H-pyrrole nitrogens is 1. The number of aromatic nitrogens is 4. The molecular formula is C28H36N8O2. The van der Waals surface area contributed by atoms with E-state index in [1.54, 1.807) is 13.3 Å². The zero-order valence-corrected chi connectivity index (χ0v) is 22.1. The van der Waals surface area contributed by atoms with Crippen LogP contribution in [0.15, 0.2) is 24.5 Å². The van der Waals surface area contributed by atoms with Gasteiger partial charge in [-0.3, -0.25) is 9.69 Å². The highest BCUT2D eigenvalue weighted by atomic mass is 16.5. The minimum Gasteiger partial charge on any atom is -0.379 e. The van der Waals surface area contributed by atoms with Crippen LogP contribution in [-0.4, -0.2) is 76.2 Å². The number of hydrogen-bond donors (Lipinski definition) is 4. The molecule has 0 bridgehead atoms. The number of ether oxygens (including phenoxy) is 1. The Labute approximate surface area is 223 Å². The number of aromatic amines is 1. The number of fused-ring (bicyclic) bond motifs is 1. The third kappa shape index (κ3) is 6.79. The molecule has 2 fully saturated rings. The van der Waals surface area contributed by atoms with Gasteiger partial charge in [0.15, 0.2) is 11.5 Å². The first kappa shape index (κ1) is 25.9. The molecule has 1 aliphatic heterocycles. The Hall–Kier alpha value is -3.68. The van der Waals surface area contributed by atoms with Crippen LogP contribution in [0.3, 0.4) is 0 Å². The molecule has 2 aromatic heterocycles. The number of benzene rings is 1. The third-order valence-electron chi connectivity index (χ3n) is 7.22. The van der Waals surface area contributed by atoms with Gasteiger partial charge in [-0.2, -0.15) is 9.97 Å². The van der Waals surface area contributed by atoms with Gasteiger partial charge in [-0.1, -0.05) is 11.8 Å². The fourth-order valence-electron chi connectivity index (χ4n) is 5.00. The number of carbonyl (C=O) groups is 1. The number of amides is 1. The molecule has 0 unspecified atom stereocenters. The minimum absolute atomic E-state index is 0.0366. The Balaban J connectivity index is 1.23. The maximum absolute atomic E-state index is 11.2. The van der Waals surface area contributed by atoms with Crippen LogP contribution in [-0.2, 0) is 9.53 Å². The first-order valence-electron chi connectivity index (χ1n) is 13.4. The maximum atomic E-state index is 11.2. The van der Waals surface area contributed by atoms with Crippen LogP contribution in [0.1, 0.15) is 43.7 Å². The number of carbonyl (C=O) groups excluding carboxylic acids is 1. The first-order chi connectivity index (χ1) is 18.5. The van der Waals surface area contributed by atoms with E-state index in [0.29, 0.717) is 23.6 Å². The van der Waals surface area contributed by atoms with Crippen LogP contribution in [0.2, 0.25) is 0 Å². The minimum atomic E-state index is 0.0366. The zero-order valence-electron chi connectivity index (χ0n) is 22.1. The van der Waals surface area contributed by atoms with Crippen LogP contribution in [0.25, 0.3) is 11.2 Å². The summed E-state index contributed by atoms with van der Waals surface area (Å²) in [5, 5.41) is 9.94. The predicted octanol–water partition coefficient (Wildman–Crippen LogP) is 3.20. The Morgan fingerprint density at radius 2 is 2.00 bits per heavy atom. The van der Waals surface area contributed by atoms with E-state index in [0.717, 1.165) is 93.2 Å². The van der Waals surface area contributed by atoms with Crippen LogP contribution in [0, 0.1) is 24.7 Å². The van der Waals surface area contributed by atoms with E-state index in [1.165, 1.54) is 0 Å². The fraction of sp³-hybridized carbons (Fsp3) is 0.500. The van der Waals surface area contributed by atoms with Gasteiger partial charge in [0.25, 0.3) is 0 Å². The van der Waals surface area contributed by atoms with Crippen LogP contribution in [0.4, 0.5) is 17.5 Å². The van der Waals surface area contributed by atoms with Gasteiger partial charge in [-0.25, -0.2) is 4.98 Å². The molecule has 1 amide bonds. The van der Waals surface area contributed by atoms with Gasteiger partial charge < -0.3 is 25.7 Å². The number of imidazole rings is 1. The van der Waals surface area contributed by atoms with Crippen LogP contribution < -0.4 is 16.0 Å². The third-order valence-corrected chi connectivity index (χ3v) is 7.22. The Kier molecular flexibility index (Phi) is 8.36. The average molecular weight is 517 g/mol. The van der Waals surface area contributed by atoms with Crippen molar-refractivity contribution in [3.63, 3.8) is 0 Å². The zero-order chi connectivity index (χ0) is 26.3. The van der Waals surface area contributed by atoms with E-state index in [-0.39, 0.29) is 5.91 Å². The molecular weight excluding hydrogens is 480 g/mol. The largest absolute Gasteiger partial charge is 0.379 e. The Bertz CT molecular complexity index is 1310. The van der Waals surface area contributed by atoms with Crippen molar-refractivity contribution in [3.05, 3.63) is 35.7 Å². The van der Waals surface area contributed by atoms with Crippen molar-refractivity contribution in [3.8, 4) is 11.8 Å². The van der Waals surface area contributed by atoms with Crippen molar-refractivity contribution in [1.82, 2.24) is 30.2 Å². The van der Waals surface area contributed by atoms with Gasteiger partial charge in [0.1, 0.15) is 5.52 Å². The van der Waals surface area contributed by atoms with Crippen molar-refractivity contribution in [2.75, 3.05) is 50.0 Å². The second kappa shape index (κ2) is 12.2. The lowest BCUT2D eigenvalue weighted by molar-refractivity contribution is -0.119. The summed E-state index contributed by atoms with van der Waals surface area (Å²) in [5.41, 5.74) is 4.41. The van der Waals surface area contributed by atoms with Gasteiger partial charge in [-0.05, 0) is 62.3 Å². The molecule has 10 nitrogen and oxygen atoms in total. The van der Waals surface area contributed by atoms with Crippen LogP contribution >= 0.6 is 0 Å². The fourth-order valence-corrected chi connectivity index (χ4v) is 5.00. The highest BCUT2D eigenvalue weighted by molar-refractivity contribution is 5.84. The van der Waals surface area contributed by atoms with Gasteiger partial charge >= 0.3 is 0 Å². The Morgan fingerprint density at radius 3 is 2.76 bits per heavy atom. The topological polar surface area (TPSA) is 120 Å². The number of nitrogens with one attached hydrogen (secondary N) is 4. The summed E-state index contributed by atoms with van der Waals surface area (Å²) in [5.74, 6) is 8.38. The molecule has 3 heterocycles. The summed E-state index contributed by atoms with van der Waals surface area (Å²) in [7, 11) is 0. The number of hydrogen-bond acceptors (Lipinski definition) is 8. The molecule has 0 spiro atoms. The van der Waals surface area contributed by atoms with Crippen molar-refractivity contribution in [2.45, 2.75) is 45.6 Å². The van der Waals surface area contributed by atoms with E-state index in [2.05, 4.69) is 60.6 Å². The molecule has 1 saturated carbocycles. The summed E-state index contributed by atoms with van der Waals surface area (Å²) in [6, 6.07) is 6.44. The molecule has 3 aromatic rings. The Morgan fingerprint density at radius 1 is 1.18 bits per heavy atom. The van der Waals surface area contributed by atoms with Crippen LogP contribution in [0.5, 0.6) is 0 Å². The van der Waals surface area contributed by atoms with E-state index in [1.807, 2.05) is 12.1 Å². The molecule has 38 heavy (non-hydrogen) atoms. The molecule has 200 valence electrons. The number of anilines is 3. The van der Waals surface area contributed by atoms with Gasteiger partial charge in [-0.15, -0.1) is 0 Å². The first-order valence-corrected chi connectivity index (χ1v) is 13.4. The lowest BCUT2D eigenvalue weighted by atomic mass is 9.86. The number of morpholine rings is 1. The monoisotopic (exact) mass is 516 g/mol. The quantitative estimate of drug-likeness (QED) is 0.354. The van der Waals surface area contributed by atoms with Crippen molar-refractivity contribution < 1.29 is 9.53 Å². The summed E-state index contributed by atoms with van der Waals surface area (Å²) < 4.78 is 5.40. The molecule has 0 radical (unpaired) electrons. The predicted molar refractivity (Wildman–Crippen MR) is 148 cm³/mol. The summed E-state index contributed by atoms with van der Waals surface area (Å²) in [4.78, 5) is 30.5. The molecule has 0 atom stereocenters. The second-order valence-electron chi connectivity index (χ2n) is 10.1. The summed E-state index contributed by atoms with van der Waals surface area (Å²) in [6.07, 6.45) is 5.84. The molecule has 1 aromatic carbocycles. The van der Waals surface area contributed by atoms with E-state index >= 15 is 0 Å². The van der Waals surface area contributed by atoms with Gasteiger partial charge in [0, 0.05) is 43.9 Å². The van der Waals surface area contributed by atoms with E-state index in [4.69, 9.17) is 9.72 Å². The molecule has 2 aliphatic rings. The van der Waals surface area contributed by atoms with Gasteiger partial charge in [0.2, 0.25) is 11.9 Å². The maximum Gasteiger partial charge on any atom is 0.231 e. The average Bonchev–Trinajstić information content (AvgIpc) is 3.39. The number of nitrogens with zero attached hydrogens (tertiary/aromatic N) is 4. The molecule has 10 heteroatoms. The van der Waals surface area contributed by atoms with E-state index in [9.17, 15) is 4.79 Å². The van der Waals surface area contributed by atoms with Crippen molar-refractivity contribution >= 4 is 34.5 Å². The SMILES string of the molecule is CC(=O)NCC1CCC(Nc2nc(Nc3ccc(C#CCN4CCOCC4)cc3C)nc3nc[nH]c23)CC1. The van der Waals surface area contributed by atoms with Gasteiger partial charge in [0.05, 0.1) is 26.1 Å². The number of rotatable bonds is 7. The lowest BCUT2D eigenvalue weighted by Crippen LogP contribution is -2.36. The molecule has 5 rings (SSSR count). The van der Waals surface area contributed by atoms with Crippen molar-refractivity contribution in [1.29, 1.82) is 0 Å². The molecule has 1 saturated heterocycles. The highest BCUT2D eigenvalue weighted by Crippen LogP contribution is 2.29. The summed E-state index contributed by atoms with van der Waals surface area (Å²) in [6.45, 7) is 8.58. The summed E-state index contributed by atoms with van der Waals surface area (Å²) >= 11 is 0. The normalized spacial score (nSPS) is 19.9. The standard InChI is InChI=1S/C28H36N8O2/c1-19-16-21(4-3-11-36-12-14-38-15-13-36)7-10-24(19)33-28-34-26-25(30-18-31-26)27(35-28)32-23-8-5-22(6-9-23)17-29-20(2)37/h7,10,16,18,22-23H,5-6,8-9,11-15,17H2,1-2H3,(H,29,37)(H3,30,31,32,33,34,35). The highest BCUT2D eigenvalue weighted by Gasteiger charge is 2.23.